The maximum Gasteiger partial charge on any atom is 0.349 e. The van der Waals surface area contributed by atoms with Crippen molar-refractivity contribution in [2.75, 3.05) is 11.8 Å². The van der Waals surface area contributed by atoms with E-state index in [1.54, 1.807) is 43.3 Å². The molecule has 0 bridgehead atoms. The topological polar surface area (TPSA) is 72.5 Å². The van der Waals surface area contributed by atoms with Gasteiger partial charge >= 0.3 is 5.97 Å². The van der Waals surface area contributed by atoms with E-state index >= 15 is 0 Å². The van der Waals surface area contributed by atoms with Gasteiger partial charge in [0.1, 0.15) is 9.77 Å². The number of sulfonamides is 1. The van der Waals surface area contributed by atoms with Crippen molar-refractivity contribution in [3.05, 3.63) is 57.9 Å². The van der Waals surface area contributed by atoms with Gasteiger partial charge in [0.15, 0.2) is 0 Å². The summed E-state index contributed by atoms with van der Waals surface area (Å²) in [5, 5.41) is 0.881. The predicted octanol–water partition coefficient (Wildman–Crippen LogP) is 4.45. The Kier molecular flexibility index (Phi) is 4.73. The van der Waals surface area contributed by atoms with E-state index in [-0.39, 0.29) is 9.77 Å². The van der Waals surface area contributed by atoms with Gasteiger partial charge in [0.25, 0.3) is 10.0 Å². The third kappa shape index (κ3) is 3.35. The Balaban J connectivity index is 2.20. The van der Waals surface area contributed by atoms with Gasteiger partial charge in [-0.15, -0.1) is 11.3 Å². The Morgan fingerprint density at radius 2 is 1.92 bits per heavy atom. The number of thiophene rings is 1. The van der Waals surface area contributed by atoms with E-state index < -0.39 is 16.0 Å². The van der Waals surface area contributed by atoms with E-state index in [9.17, 15) is 13.2 Å². The summed E-state index contributed by atoms with van der Waals surface area (Å²) in [7, 11) is -2.80. The van der Waals surface area contributed by atoms with Crippen LogP contribution in [0.5, 0.6) is 0 Å². The summed E-state index contributed by atoms with van der Waals surface area (Å²) in [5.74, 6) is -0.690. The van der Waals surface area contributed by atoms with Crippen LogP contribution in [0.4, 0.5) is 5.69 Å². The lowest BCUT2D eigenvalue weighted by Crippen LogP contribution is -2.16. The normalized spacial score (nSPS) is 11.5. The number of hydrogen-bond acceptors (Lipinski definition) is 5. The van der Waals surface area contributed by atoms with Crippen LogP contribution in [0, 0.1) is 6.92 Å². The second kappa shape index (κ2) is 6.67. The number of aryl methyl sites for hydroxylation is 1. The maximum atomic E-state index is 13.0. The molecule has 0 radical (unpaired) electrons. The molecule has 0 amide bonds. The number of esters is 1. The molecule has 1 N–H and O–H groups in total. The minimum Gasteiger partial charge on any atom is -0.465 e. The van der Waals surface area contributed by atoms with Crippen LogP contribution >= 0.6 is 22.9 Å². The van der Waals surface area contributed by atoms with E-state index in [2.05, 4.69) is 4.72 Å². The Morgan fingerprint density at radius 3 is 2.64 bits per heavy atom. The minimum absolute atomic E-state index is 0.0379. The van der Waals surface area contributed by atoms with E-state index in [0.717, 1.165) is 11.3 Å². The molecule has 0 saturated carbocycles. The quantitative estimate of drug-likeness (QED) is 0.662. The van der Waals surface area contributed by atoms with Crippen LogP contribution in [0.15, 0.2) is 47.4 Å². The van der Waals surface area contributed by atoms with E-state index in [1.165, 1.54) is 13.2 Å². The van der Waals surface area contributed by atoms with Gasteiger partial charge in [0.05, 0.1) is 12.8 Å². The van der Waals surface area contributed by atoms with Crippen molar-refractivity contribution in [3.8, 4) is 0 Å². The summed E-state index contributed by atoms with van der Waals surface area (Å²) in [6.07, 6.45) is 0. The van der Waals surface area contributed by atoms with Gasteiger partial charge in [0.2, 0.25) is 0 Å². The van der Waals surface area contributed by atoms with Crippen LogP contribution in [0.1, 0.15) is 15.2 Å². The zero-order chi connectivity index (χ0) is 18.2. The zero-order valence-electron chi connectivity index (χ0n) is 13.4. The summed E-state index contributed by atoms with van der Waals surface area (Å²) in [6.45, 7) is 1.77. The number of fused-ring (bicyclic) bond motifs is 1. The highest BCUT2D eigenvalue weighted by Crippen LogP contribution is 2.36. The number of halogens is 1. The number of methoxy groups -OCH3 is 1. The van der Waals surface area contributed by atoms with Gasteiger partial charge in [-0.25, -0.2) is 13.2 Å². The molecule has 0 unspecified atom stereocenters. The summed E-state index contributed by atoms with van der Waals surface area (Å²) >= 11 is 7.04. The van der Waals surface area contributed by atoms with Gasteiger partial charge < -0.3 is 4.74 Å². The fourth-order valence-corrected chi connectivity index (χ4v) is 5.53. The smallest absolute Gasteiger partial charge is 0.349 e. The van der Waals surface area contributed by atoms with Crippen molar-refractivity contribution in [3.63, 3.8) is 0 Å². The van der Waals surface area contributed by atoms with Crippen molar-refractivity contribution in [2.24, 2.45) is 0 Å². The monoisotopic (exact) mass is 395 g/mol. The molecule has 0 atom stereocenters. The third-order valence-corrected chi connectivity index (χ3v) is 6.60. The number of benzene rings is 2. The predicted molar refractivity (Wildman–Crippen MR) is 100 cm³/mol. The Morgan fingerprint density at radius 1 is 1.20 bits per heavy atom. The van der Waals surface area contributed by atoms with E-state index in [4.69, 9.17) is 16.3 Å². The summed E-state index contributed by atoms with van der Waals surface area (Å²) < 4.78 is 34.0. The molecule has 0 aliphatic rings. The van der Waals surface area contributed by atoms with Crippen LogP contribution in [0.3, 0.4) is 0 Å². The third-order valence-electron chi connectivity index (χ3n) is 3.63. The molecule has 1 heterocycles. The highest BCUT2D eigenvalue weighted by Gasteiger charge is 2.29. The van der Waals surface area contributed by atoms with E-state index in [0.29, 0.717) is 26.4 Å². The molecule has 0 spiro atoms. The zero-order valence-corrected chi connectivity index (χ0v) is 15.8. The Labute approximate surface area is 154 Å². The van der Waals surface area contributed by atoms with Gasteiger partial charge in [-0.3, -0.25) is 4.72 Å². The van der Waals surface area contributed by atoms with Gasteiger partial charge in [-0.1, -0.05) is 35.9 Å². The van der Waals surface area contributed by atoms with E-state index in [1.807, 2.05) is 0 Å². The number of carbonyl (C=O) groups is 1. The first-order valence-electron chi connectivity index (χ1n) is 7.22. The van der Waals surface area contributed by atoms with Gasteiger partial charge in [-0.2, -0.15) is 0 Å². The Hall–Kier alpha value is -2.09. The number of hydrogen-bond donors (Lipinski definition) is 1. The highest BCUT2D eigenvalue weighted by molar-refractivity contribution is 7.93. The van der Waals surface area contributed by atoms with Crippen molar-refractivity contribution < 1.29 is 17.9 Å². The largest absolute Gasteiger partial charge is 0.465 e. The average molecular weight is 396 g/mol. The van der Waals surface area contributed by atoms with Crippen molar-refractivity contribution >= 4 is 54.7 Å². The SMILES string of the molecule is COC(=O)c1sc2ccccc2c1S(=O)(=O)Nc1cc(Cl)ccc1C. The molecule has 8 heteroatoms. The number of nitrogens with one attached hydrogen (secondary N) is 1. The molecule has 0 aliphatic heterocycles. The lowest BCUT2D eigenvalue weighted by Gasteiger charge is -2.11. The lowest BCUT2D eigenvalue weighted by molar-refractivity contribution is 0.0602. The van der Waals surface area contributed by atoms with Crippen LogP contribution in [-0.4, -0.2) is 21.5 Å². The molecule has 0 fully saturated rings. The van der Waals surface area contributed by atoms with Crippen molar-refractivity contribution in [1.29, 1.82) is 0 Å². The Bertz CT molecular complexity index is 1070. The second-order valence-electron chi connectivity index (χ2n) is 5.31. The molecule has 0 aliphatic carbocycles. The highest BCUT2D eigenvalue weighted by atomic mass is 35.5. The van der Waals surface area contributed by atoms with Crippen molar-refractivity contribution in [1.82, 2.24) is 0 Å². The number of carbonyl (C=O) groups excluding carboxylic acids is 1. The summed E-state index contributed by atoms with van der Waals surface area (Å²) in [6, 6.07) is 11.8. The molecule has 5 nitrogen and oxygen atoms in total. The van der Waals surface area contributed by atoms with Crippen LogP contribution in [0.25, 0.3) is 10.1 Å². The summed E-state index contributed by atoms with van der Waals surface area (Å²) in [5.41, 5.74) is 1.07. The van der Waals surface area contributed by atoms with Crippen LogP contribution in [0.2, 0.25) is 5.02 Å². The fourth-order valence-electron chi connectivity index (χ4n) is 2.42. The van der Waals surface area contributed by atoms with Crippen LogP contribution in [-0.2, 0) is 14.8 Å². The molecule has 3 rings (SSSR count). The van der Waals surface area contributed by atoms with Crippen molar-refractivity contribution in [2.45, 2.75) is 11.8 Å². The molecule has 1 aromatic heterocycles. The number of ether oxygens (including phenoxy) is 1. The lowest BCUT2D eigenvalue weighted by atomic mass is 10.2. The standard InChI is InChI=1S/C17H14ClNO4S2/c1-10-7-8-11(18)9-13(10)19-25(21,22)16-12-5-3-4-6-14(12)24-15(16)17(20)23-2/h3-9,19H,1-2H3. The van der Waals surface area contributed by atoms with Gasteiger partial charge in [0, 0.05) is 15.1 Å². The first-order valence-corrected chi connectivity index (χ1v) is 9.90. The van der Waals surface area contributed by atoms with Gasteiger partial charge in [-0.05, 0) is 30.7 Å². The molecule has 25 heavy (non-hydrogen) atoms. The minimum atomic E-state index is -4.02. The molecule has 130 valence electrons. The van der Waals surface area contributed by atoms with Crippen LogP contribution < -0.4 is 4.72 Å². The maximum absolute atomic E-state index is 13.0. The molecule has 3 aromatic rings. The first-order chi connectivity index (χ1) is 11.8. The first kappa shape index (κ1) is 17.7. The fraction of sp³-hybridized carbons (Fsp3) is 0.118. The average Bonchev–Trinajstić information content (AvgIpc) is 2.97. The molecule has 0 saturated heterocycles. The molecular formula is C17H14ClNO4S2. The second-order valence-corrected chi connectivity index (χ2v) is 8.42. The number of rotatable bonds is 4. The summed E-state index contributed by atoms with van der Waals surface area (Å²) in [4.78, 5) is 12.1. The molecule has 2 aromatic carbocycles. The number of anilines is 1. The molecular weight excluding hydrogens is 382 g/mol.